The first kappa shape index (κ1) is 13.5. The van der Waals surface area contributed by atoms with Crippen molar-refractivity contribution < 1.29 is 0 Å². The van der Waals surface area contributed by atoms with E-state index in [0.717, 1.165) is 19.5 Å². The van der Waals surface area contributed by atoms with Gasteiger partial charge in [0.05, 0.1) is 6.20 Å². The van der Waals surface area contributed by atoms with Gasteiger partial charge in [0, 0.05) is 26.3 Å². The molecule has 0 radical (unpaired) electrons. The largest absolute Gasteiger partial charge is 0.355 e. The van der Waals surface area contributed by atoms with Crippen molar-refractivity contribution in [2.24, 2.45) is 23.8 Å². The van der Waals surface area contributed by atoms with Gasteiger partial charge >= 0.3 is 0 Å². The fourth-order valence-electron chi connectivity index (χ4n) is 1.35. The Morgan fingerprint density at radius 3 is 2.88 bits per heavy atom. The van der Waals surface area contributed by atoms with Gasteiger partial charge in [-0.05, 0) is 17.9 Å². The maximum absolute atomic E-state index is 5.38. The summed E-state index contributed by atoms with van der Waals surface area (Å²) in [6.07, 6.45) is 4.77. The van der Waals surface area contributed by atoms with Gasteiger partial charge in [-0.2, -0.15) is 5.10 Å². The zero-order valence-electron chi connectivity index (χ0n) is 10.8. The molecule has 0 spiro atoms. The second-order valence-corrected chi connectivity index (χ2v) is 4.43. The molecule has 4 N–H and O–H groups in total. The number of rotatable bonds is 5. The third-order valence-corrected chi connectivity index (χ3v) is 2.22. The van der Waals surface area contributed by atoms with Crippen molar-refractivity contribution in [3.05, 3.63) is 18.0 Å². The normalized spacial score (nSPS) is 11.9. The van der Waals surface area contributed by atoms with Gasteiger partial charge in [-0.25, -0.2) is 5.84 Å². The monoisotopic (exact) mass is 238 g/mol. The molecule has 0 unspecified atom stereocenters. The molecular weight excluding hydrogens is 216 g/mol. The Bertz CT molecular complexity index is 355. The van der Waals surface area contributed by atoms with Crippen LogP contribution < -0.4 is 16.6 Å². The summed E-state index contributed by atoms with van der Waals surface area (Å²) in [6, 6.07) is 0. The maximum atomic E-state index is 5.38. The SMILES string of the molecule is CC(C)CN=C(NN)NCCc1cnn(C)c1. The number of hydrogen-bond acceptors (Lipinski definition) is 3. The van der Waals surface area contributed by atoms with Crippen LogP contribution in [0.5, 0.6) is 0 Å². The lowest BCUT2D eigenvalue weighted by atomic mass is 10.2. The highest BCUT2D eigenvalue weighted by molar-refractivity contribution is 5.79. The van der Waals surface area contributed by atoms with E-state index in [9.17, 15) is 0 Å². The van der Waals surface area contributed by atoms with Crippen molar-refractivity contribution >= 4 is 5.96 Å². The molecule has 0 bridgehead atoms. The van der Waals surface area contributed by atoms with Gasteiger partial charge in [0.25, 0.3) is 0 Å². The quantitative estimate of drug-likeness (QED) is 0.292. The molecule has 1 aromatic heterocycles. The summed E-state index contributed by atoms with van der Waals surface area (Å²) < 4.78 is 1.80. The van der Waals surface area contributed by atoms with Crippen LogP contribution in [0.3, 0.4) is 0 Å². The number of hydrazine groups is 1. The van der Waals surface area contributed by atoms with Crippen molar-refractivity contribution in [1.82, 2.24) is 20.5 Å². The number of aliphatic imine (C=N–C) groups is 1. The minimum atomic E-state index is 0.526. The molecule has 0 aliphatic rings. The van der Waals surface area contributed by atoms with Crippen molar-refractivity contribution in [2.45, 2.75) is 20.3 Å². The summed E-state index contributed by atoms with van der Waals surface area (Å²) in [4.78, 5) is 4.33. The molecule has 1 heterocycles. The molecule has 0 saturated heterocycles. The van der Waals surface area contributed by atoms with Crippen LogP contribution in [-0.4, -0.2) is 28.8 Å². The lowest BCUT2D eigenvalue weighted by Crippen LogP contribution is -2.42. The molecule has 0 amide bonds. The van der Waals surface area contributed by atoms with Crippen molar-refractivity contribution in [3.8, 4) is 0 Å². The molecule has 0 atom stereocenters. The average Bonchev–Trinajstić information content (AvgIpc) is 2.69. The van der Waals surface area contributed by atoms with Crippen molar-refractivity contribution in [3.63, 3.8) is 0 Å². The van der Waals surface area contributed by atoms with Gasteiger partial charge in [-0.1, -0.05) is 13.8 Å². The number of aromatic nitrogens is 2. The Balaban J connectivity index is 2.30. The fraction of sp³-hybridized carbons (Fsp3) is 0.636. The topological polar surface area (TPSA) is 80.3 Å². The number of nitrogens with zero attached hydrogens (tertiary/aromatic N) is 3. The number of guanidine groups is 1. The van der Waals surface area contributed by atoms with E-state index in [1.54, 1.807) is 4.68 Å². The molecular formula is C11H22N6. The first-order valence-corrected chi connectivity index (χ1v) is 5.84. The van der Waals surface area contributed by atoms with E-state index in [0.29, 0.717) is 11.9 Å². The fourth-order valence-corrected chi connectivity index (χ4v) is 1.35. The predicted molar refractivity (Wildman–Crippen MR) is 69.4 cm³/mol. The van der Waals surface area contributed by atoms with Crippen LogP contribution in [0.25, 0.3) is 0 Å². The highest BCUT2D eigenvalue weighted by Gasteiger charge is 1.99. The summed E-state index contributed by atoms with van der Waals surface area (Å²) in [7, 11) is 1.91. The van der Waals surface area contributed by atoms with Gasteiger partial charge < -0.3 is 5.32 Å². The average molecular weight is 238 g/mol. The van der Waals surface area contributed by atoms with Crippen LogP contribution in [0.2, 0.25) is 0 Å². The molecule has 6 nitrogen and oxygen atoms in total. The zero-order valence-corrected chi connectivity index (χ0v) is 10.8. The number of hydrogen-bond donors (Lipinski definition) is 3. The molecule has 0 fully saturated rings. The van der Waals surface area contributed by atoms with Crippen LogP contribution in [0.4, 0.5) is 0 Å². The highest BCUT2D eigenvalue weighted by Crippen LogP contribution is 1.96. The zero-order chi connectivity index (χ0) is 12.7. The second-order valence-electron chi connectivity index (χ2n) is 4.43. The van der Waals surface area contributed by atoms with Gasteiger partial charge in [0.15, 0.2) is 0 Å². The van der Waals surface area contributed by atoms with Gasteiger partial charge in [-0.3, -0.25) is 15.1 Å². The molecule has 0 aliphatic carbocycles. The molecule has 96 valence electrons. The summed E-state index contributed by atoms with van der Waals surface area (Å²) in [5.74, 6) is 6.55. The summed E-state index contributed by atoms with van der Waals surface area (Å²) in [5.41, 5.74) is 3.76. The van der Waals surface area contributed by atoms with E-state index in [1.807, 2.05) is 19.4 Å². The van der Waals surface area contributed by atoms with Crippen LogP contribution >= 0.6 is 0 Å². The first-order valence-electron chi connectivity index (χ1n) is 5.84. The molecule has 0 saturated carbocycles. The maximum Gasteiger partial charge on any atom is 0.205 e. The Morgan fingerprint density at radius 2 is 2.35 bits per heavy atom. The van der Waals surface area contributed by atoms with Crippen molar-refractivity contribution in [1.29, 1.82) is 0 Å². The molecule has 6 heteroatoms. The molecule has 17 heavy (non-hydrogen) atoms. The van der Waals surface area contributed by atoms with Gasteiger partial charge in [0.1, 0.15) is 0 Å². The van der Waals surface area contributed by atoms with Crippen LogP contribution in [0.1, 0.15) is 19.4 Å². The first-order chi connectivity index (χ1) is 8.11. The highest BCUT2D eigenvalue weighted by atomic mass is 15.3. The Morgan fingerprint density at radius 1 is 1.59 bits per heavy atom. The summed E-state index contributed by atoms with van der Waals surface area (Å²) >= 11 is 0. The van der Waals surface area contributed by atoms with E-state index >= 15 is 0 Å². The van der Waals surface area contributed by atoms with Gasteiger partial charge in [-0.15, -0.1) is 0 Å². The smallest absolute Gasteiger partial charge is 0.205 e. The van der Waals surface area contributed by atoms with E-state index in [-0.39, 0.29) is 0 Å². The predicted octanol–water partition coefficient (Wildman–Crippen LogP) is 0.0275. The standard InChI is InChI=1S/C11H22N6/c1-9(2)6-14-11(16-12)13-5-4-10-7-15-17(3)8-10/h7-9H,4-6,12H2,1-3H3,(H2,13,14,16). The van der Waals surface area contributed by atoms with E-state index in [1.165, 1.54) is 5.56 Å². The number of nitrogens with two attached hydrogens (primary N) is 1. The lowest BCUT2D eigenvalue weighted by molar-refractivity contribution is 0.656. The van der Waals surface area contributed by atoms with Crippen molar-refractivity contribution in [2.75, 3.05) is 13.1 Å². The lowest BCUT2D eigenvalue weighted by Gasteiger charge is -2.09. The van der Waals surface area contributed by atoms with E-state index < -0.39 is 0 Å². The third kappa shape index (κ3) is 5.35. The third-order valence-electron chi connectivity index (χ3n) is 2.22. The molecule has 0 aliphatic heterocycles. The summed E-state index contributed by atoms with van der Waals surface area (Å²) in [5, 5.41) is 7.27. The molecule has 1 rings (SSSR count). The Labute approximate surface area is 102 Å². The van der Waals surface area contributed by atoms with Crippen LogP contribution in [-0.2, 0) is 13.5 Å². The number of aryl methyl sites for hydroxylation is 1. The minimum Gasteiger partial charge on any atom is -0.355 e. The summed E-state index contributed by atoms with van der Waals surface area (Å²) in [6.45, 7) is 5.78. The van der Waals surface area contributed by atoms with E-state index in [4.69, 9.17) is 5.84 Å². The van der Waals surface area contributed by atoms with Crippen LogP contribution in [0.15, 0.2) is 17.4 Å². The molecule has 1 aromatic rings. The Kier molecular flexibility index (Phi) is 5.48. The number of nitrogens with one attached hydrogen (secondary N) is 2. The van der Waals surface area contributed by atoms with Crippen LogP contribution in [0, 0.1) is 5.92 Å². The van der Waals surface area contributed by atoms with Gasteiger partial charge in [0.2, 0.25) is 5.96 Å². The Hall–Kier alpha value is -1.56. The van der Waals surface area contributed by atoms with E-state index in [2.05, 4.69) is 34.7 Å². The second kappa shape index (κ2) is 6.90. The molecule has 0 aromatic carbocycles. The minimum absolute atomic E-state index is 0.526.